The normalized spacial score (nSPS) is 21.8. The Morgan fingerprint density at radius 1 is 1.33 bits per heavy atom. The van der Waals surface area contributed by atoms with Crippen LogP contribution in [0.5, 0.6) is 0 Å². The molecule has 0 unspecified atom stereocenters. The zero-order chi connectivity index (χ0) is 15.2. The number of ether oxygens (including phenoxy) is 1. The van der Waals surface area contributed by atoms with Gasteiger partial charge in [-0.25, -0.2) is 0 Å². The molecule has 0 aromatic heterocycles. The van der Waals surface area contributed by atoms with Gasteiger partial charge in [0.1, 0.15) is 0 Å². The first-order valence-electron chi connectivity index (χ1n) is 7.50. The fraction of sp³-hybridized carbons (Fsp3) is 0.562. The third-order valence-corrected chi connectivity index (χ3v) is 4.16. The second kappa shape index (κ2) is 7.20. The summed E-state index contributed by atoms with van der Waals surface area (Å²) >= 11 is 0. The van der Waals surface area contributed by atoms with Crippen LogP contribution < -0.4 is 0 Å². The molecule has 0 radical (unpaired) electrons. The van der Waals surface area contributed by atoms with Crippen LogP contribution in [0, 0.1) is 16.0 Å². The van der Waals surface area contributed by atoms with E-state index in [1.54, 1.807) is 12.1 Å². The SMILES string of the molecule is CCOC(=O)CC1CCC(c2cccc([N+](=O)[O-])c2)CC1. The lowest BCUT2D eigenvalue weighted by Gasteiger charge is -2.28. The molecule has 0 bridgehead atoms. The maximum Gasteiger partial charge on any atom is 0.306 e. The predicted octanol–water partition coefficient (Wildman–Crippen LogP) is 3.82. The van der Waals surface area contributed by atoms with Gasteiger partial charge < -0.3 is 4.74 Å². The second-order valence-corrected chi connectivity index (χ2v) is 5.58. The van der Waals surface area contributed by atoms with E-state index < -0.39 is 0 Å². The van der Waals surface area contributed by atoms with Crippen LogP contribution in [0.25, 0.3) is 0 Å². The molecular weight excluding hydrogens is 270 g/mol. The quantitative estimate of drug-likeness (QED) is 0.470. The second-order valence-electron chi connectivity index (χ2n) is 5.58. The number of esters is 1. The van der Waals surface area contributed by atoms with Crippen molar-refractivity contribution < 1.29 is 14.5 Å². The van der Waals surface area contributed by atoms with Crippen LogP contribution in [0.1, 0.15) is 50.5 Å². The molecule has 1 saturated carbocycles. The average molecular weight is 291 g/mol. The Balaban J connectivity index is 1.90. The fourth-order valence-electron chi connectivity index (χ4n) is 3.05. The highest BCUT2D eigenvalue weighted by Crippen LogP contribution is 2.37. The van der Waals surface area contributed by atoms with Gasteiger partial charge in [0.05, 0.1) is 11.5 Å². The summed E-state index contributed by atoms with van der Waals surface area (Å²) in [4.78, 5) is 22.0. The lowest BCUT2D eigenvalue weighted by Crippen LogP contribution is -2.18. The van der Waals surface area contributed by atoms with Crippen LogP contribution in [-0.4, -0.2) is 17.5 Å². The minimum atomic E-state index is -0.351. The highest BCUT2D eigenvalue weighted by molar-refractivity contribution is 5.69. The number of rotatable bonds is 5. The molecule has 0 saturated heterocycles. The van der Waals surface area contributed by atoms with E-state index in [0.717, 1.165) is 31.2 Å². The van der Waals surface area contributed by atoms with Crippen LogP contribution in [-0.2, 0) is 9.53 Å². The average Bonchev–Trinajstić information content (AvgIpc) is 2.48. The minimum Gasteiger partial charge on any atom is -0.466 e. The minimum absolute atomic E-state index is 0.115. The number of hydrogen-bond donors (Lipinski definition) is 0. The summed E-state index contributed by atoms with van der Waals surface area (Å²) in [7, 11) is 0. The van der Waals surface area contributed by atoms with Gasteiger partial charge in [0, 0.05) is 18.6 Å². The van der Waals surface area contributed by atoms with Gasteiger partial charge in [0.25, 0.3) is 5.69 Å². The van der Waals surface area contributed by atoms with Crippen LogP contribution in [0.2, 0.25) is 0 Å². The molecule has 114 valence electrons. The molecule has 0 aliphatic heterocycles. The van der Waals surface area contributed by atoms with Gasteiger partial charge in [-0.05, 0) is 50.0 Å². The molecule has 1 aliphatic rings. The van der Waals surface area contributed by atoms with Crippen molar-refractivity contribution in [1.29, 1.82) is 0 Å². The molecule has 0 heterocycles. The summed E-state index contributed by atoms with van der Waals surface area (Å²) in [5.41, 5.74) is 1.19. The van der Waals surface area contributed by atoms with E-state index in [9.17, 15) is 14.9 Å². The largest absolute Gasteiger partial charge is 0.466 e. The van der Waals surface area contributed by atoms with E-state index in [-0.39, 0.29) is 16.6 Å². The maximum atomic E-state index is 11.5. The zero-order valence-corrected chi connectivity index (χ0v) is 12.3. The Bertz CT molecular complexity index is 507. The fourth-order valence-corrected chi connectivity index (χ4v) is 3.05. The lowest BCUT2D eigenvalue weighted by atomic mass is 9.77. The Kier molecular flexibility index (Phi) is 5.31. The molecule has 5 heteroatoms. The third-order valence-electron chi connectivity index (χ3n) is 4.16. The number of non-ortho nitro benzene ring substituents is 1. The summed E-state index contributed by atoms with van der Waals surface area (Å²) < 4.78 is 4.98. The van der Waals surface area contributed by atoms with Crippen LogP contribution in [0.4, 0.5) is 5.69 Å². The Morgan fingerprint density at radius 3 is 2.67 bits per heavy atom. The summed E-state index contributed by atoms with van der Waals surface area (Å²) in [6.07, 6.45) is 4.41. The van der Waals surface area contributed by atoms with Crippen molar-refractivity contribution in [3.8, 4) is 0 Å². The molecule has 21 heavy (non-hydrogen) atoms. The van der Waals surface area contributed by atoms with Gasteiger partial charge in [-0.15, -0.1) is 0 Å². The van der Waals surface area contributed by atoms with Crippen LogP contribution >= 0.6 is 0 Å². The number of benzene rings is 1. The van der Waals surface area contributed by atoms with Crippen molar-refractivity contribution in [2.45, 2.75) is 44.9 Å². The van der Waals surface area contributed by atoms with Gasteiger partial charge in [0.15, 0.2) is 0 Å². The first kappa shape index (κ1) is 15.5. The van der Waals surface area contributed by atoms with Crippen molar-refractivity contribution in [2.75, 3.05) is 6.61 Å². The smallest absolute Gasteiger partial charge is 0.306 e. The van der Waals surface area contributed by atoms with Gasteiger partial charge in [-0.3, -0.25) is 14.9 Å². The van der Waals surface area contributed by atoms with E-state index in [0.29, 0.717) is 24.9 Å². The van der Waals surface area contributed by atoms with Crippen molar-refractivity contribution in [2.24, 2.45) is 5.92 Å². The van der Waals surface area contributed by atoms with Crippen LogP contribution in [0.15, 0.2) is 24.3 Å². The van der Waals surface area contributed by atoms with Gasteiger partial charge in [0.2, 0.25) is 0 Å². The summed E-state index contributed by atoms with van der Waals surface area (Å²) in [6.45, 7) is 2.25. The monoisotopic (exact) mass is 291 g/mol. The van der Waals surface area contributed by atoms with Gasteiger partial charge in [-0.1, -0.05) is 12.1 Å². The molecule has 0 atom stereocenters. The molecule has 0 amide bonds. The third kappa shape index (κ3) is 4.28. The number of nitro benzene ring substituents is 1. The summed E-state index contributed by atoms with van der Waals surface area (Å²) in [6, 6.07) is 6.91. The lowest BCUT2D eigenvalue weighted by molar-refractivity contribution is -0.384. The molecular formula is C16H21NO4. The maximum absolute atomic E-state index is 11.5. The Labute approximate surface area is 124 Å². The van der Waals surface area contributed by atoms with E-state index in [1.807, 2.05) is 13.0 Å². The molecule has 0 spiro atoms. The van der Waals surface area contributed by atoms with Crippen molar-refractivity contribution in [3.63, 3.8) is 0 Å². The molecule has 1 fully saturated rings. The predicted molar refractivity (Wildman–Crippen MR) is 79.0 cm³/mol. The molecule has 5 nitrogen and oxygen atoms in total. The van der Waals surface area contributed by atoms with E-state index in [4.69, 9.17) is 4.74 Å². The molecule has 1 aromatic carbocycles. The molecule has 0 N–H and O–H groups in total. The van der Waals surface area contributed by atoms with E-state index in [1.165, 1.54) is 6.07 Å². The number of carbonyl (C=O) groups excluding carboxylic acids is 1. The van der Waals surface area contributed by atoms with Gasteiger partial charge >= 0.3 is 5.97 Å². The summed E-state index contributed by atoms with van der Waals surface area (Å²) in [5.74, 6) is 0.638. The van der Waals surface area contributed by atoms with Crippen molar-refractivity contribution in [1.82, 2.24) is 0 Å². The number of nitrogens with zero attached hydrogens (tertiary/aromatic N) is 1. The molecule has 2 rings (SSSR count). The van der Waals surface area contributed by atoms with E-state index >= 15 is 0 Å². The molecule has 1 aromatic rings. The molecule has 1 aliphatic carbocycles. The van der Waals surface area contributed by atoms with Gasteiger partial charge in [-0.2, -0.15) is 0 Å². The van der Waals surface area contributed by atoms with Crippen molar-refractivity contribution >= 4 is 11.7 Å². The number of hydrogen-bond acceptors (Lipinski definition) is 4. The first-order valence-corrected chi connectivity index (χ1v) is 7.50. The highest BCUT2D eigenvalue weighted by atomic mass is 16.6. The topological polar surface area (TPSA) is 69.4 Å². The zero-order valence-electron chi connectivity index (χ0n) is 12.3. The number of carbonyl (C=O) groups is 1. The first-order chi connectivity index (χ1) is 10.1. The summed E-state index contributed by atoms with van der Waals surface area (Å²) in [5, 5.41) is 10.8. The Morgan fingerprint density at radius 2 is 2.05 bits per heavy atom. The Hall–Kier alpha value is -1.91. The number of nitro groups is 1. The van der Waals surface area contributed by atoms with Crippen LogP contribution in [0.3, 0.4) is 0 Å². The standard InChI is InChI=1S/C16H21NO4/c1-2-21-16(18)10-12-6-8-13(9-7-12)14-4-3-5-15(11-14)17(19)20/h3-5,11-13H,2,6-10H2,1H3. The van der Waals surface area contributed by atoms with E-state index in [2.05, 4.69) is 0 Å². The van der Waals surface area contributed by atoms with Crippen molar-refractivity contribution in [3.05, 3.63) is 39.9 Å². The highest BCUT2D eigenvalue weighted by Gasteiger charge is 2.25.